The van der Waals surface area contributed by atoms with E-state index in [1.54, 1.807) is 13.2 Å². The zero-order valence-electron chi connectivity index (χ0n) is 16.7. The Labute approximate surface area is 178 Å². The molecule has 6 heteroatoms. The van der Waals surface area contributed by atoms with E-state index in [0.717, 1.165) is 50.0 Å². The number of methoxy groups -OCH3 is 1. The molecule has 0 aromatic heterocycles. The average molecular weight is 423 g/mol. The van der Waals surface area contributed by atoms with Gasteiger partial charge in [-0.2, -0.15) is 0 Å². The highest BCUT2D eigenvalue weighted by atomic mass is 35.5. The zero-order valence-corrected chi connectivity index (χ0v) is 18.3. The Hall–Kier alpha value is -1.75. The molecule has 2 aromatic carbocycles. The fourth-order valence-electron chi connectivity index (χ4n) is 3.56. The Morgan fingerprint density at radius 1 is 1.32 bits per heavy atom. The van der Waals surface area contributed by atoms with Crippen molar-refractivity contribution in [3.05, 3.63) is 57.6 Å². The van der Waals surface area contributed by atoms with Crippen molar-refractivity contribution in [2.24, 2.45) is 0 Å². The summed E-state index contributed by atoms with van der Waals surface area (Å²) in [6.45, 7) is 4.03. The van der Waals surface area contributed by atoms with Gasteiger partial charge in [0.05, 0.1) is 12.7 Å². The van der Waals surface area contributed by atoms with Gasteiger partial charge in [0.15, 0.2) is 0 Å². The van der Waals surface area contributed by atoms with E-state index in [1.807, 2.05) is 18.2 Å². The van der Waals surface area contributed by atoms with E-state index in [-0.39, 0.29) is 18.3 Å². The van der Waals surface area contributed by atoms with Crippen LogP contribution in [0.3, 0.4) is 0 Å². The Bertz CT molecular complexity index is 840. The summed E-state index contributed by atoms with van der Waals surface area (Å²) in [6, 6.07) is 9.70. The number of nitrogens with zero attached hydrogens (tertiary/aromatic N) is 1. The second kappa shape index (κ2) is 10.1. The summed E-state index contributed by atoms with van der Waals surface area (Å²) in [6.07, 6.45) is 3.96. The molecule has 0 spiro atoms. The van der Waals surface area contributed by atoms with E-state index in [2.05, 4.69) is 30.3 Å². The van der Waals surface area contributed by atoms with Gasteiger partial charge in [-0.25, -0.2) is 0 Å². The number of nitrogens with one attached hydrogen (secondary N) is 1. The third-order valence-corrected chi connectivity index (χ3v) is 5.47. The molecule has 1 aliphatic rings. The number of carbonyl (C=O) groups is 1. The normalized spacial score (nSPS) is 13.4. The van der Waals surface area contributed by atoms with Crippen LogP contribution >= 0.6 is 24.0 Å². The van der Waals surface area contributed by atoms with Gasteiger partial charge in [-0.15, -0.1) is 12.4 Å². The minimum absolute atomic E-state index is 0. The predicted molar refractivity (Wildman–Crippen MR) is 118 cm³/mol. The van der Waals surface area contributed by atoms with Crippen molar-refractivity contribution < 1.29 is 9.53 Å². The van der Waals surface area contributed by atoms with Crippen molar-refractivity contribution in [2.45, 2.75) is 39.2 Å². The molecule has 0 bridgehead atoms. The Kier molecular flexibility index (Phi) is 8.17. The summed E-state index contributed by atoms with van der Waals surface area (Å²) in [7, 11) is 3.70. The minimum Gasteiger partial charge on any atom is -0.496 e. The monoisotopic (exact) mass is 422 g/mol. The molecule has 28 heavy (non-hydrogen) atoms. The standard InChI is InChI=1S/C22H27ClN2O2.ClH/c1-4-5-7-15-12-21(27-3)18(13-19(15)23)22(26)24-20-9-6-8-16-14-25(2)11-10-17(16)20;/h6,8-9,12-13H,4-5,7,10-11,14H2,1-3H3,(H,24,26);1H. The van der Waals surface area contributed by atoms with Crippen molar-refractivity contribution in [1.82, 2.24) is 4.90 Å². The van der Waals surface area contributed by atoms with Gasteiger partial charge in [0.25, 0.3) is 5.91 Å². The molecule has 0 saturated heterocycles. The number of likely N-dealkylation sites (N-methyl/N-ethyl adjacent to an activating group) is 1. The van der Waals surface area contributed by atoms with Gasteiger partial charge in [0, 0.05) is 23.8 Å². The fraction of sp³-hybridized carbons (Fsp3) is 0.409. The van der Waals surface area contributed by atoms with Gasteiger partial charge < -0.3 is 15.0 Å². The fourth-order valence-corrected chi connectivity index (χ4v) is 3.82. The van der Waals surface area contributed by atoms with Crippen molar-refractivity contribution in [2.75, 3.05) is 26.0 Å². The van der Waals surface area contributed by atoms with Crippen LogP contribution in [0, 0.1) is 0 Å². The molecule has 0 aliphatic carbocycles. The van der Waals surface area contributed by atoms with Gasteiger partial charge in [-0.3, -0.25) is 4.79 Å². The highest BCUT2D eigenvalue weighted by molar-refractivity contribution is 6.32. The highest BCUT2D eigenvalue weighted by Crippen LogP contribution is 2.31. The lowest BCUT2D eigenvalue weighted by molar-refractivity contribution is 0.102. The van der Waals surface area contributed by atoms with E-state index in [1.165, 1.54) is 11.1 Å². The molecule has 0 fully saturated rings. The van der Waals surface area contributed by atoms with E-state index in [0.29, 0.717) is 16.3 Å². The first-order chi connectivity index (χ1) is 13.0. The summed E-state index contributed by atoms with van der Waals surface area (Å²) in [5.74, 6) is 0.371. The number of halogens is 2. The molecule has 3 rings (SSSR count). The van der Waals surface area contributed by atoms with E-state index >= 15 is 0 Å². The molecule has 1 aliphatic heterocycles. The lowest BCUT2D eigenvalue weighted by Gasteiger charge is -2.26. The molecule has 1 heterocycles. The van der Waals surface area contributed by atoms with Gasteiger partial charge in [0.1, 0.15) is 5.75 Å². The van der Waals surface area contributed by atoms with Crippen LogP contribution in [0.1, 0.15) is 46.8 Å². The summed E-state index contributed by atoms with van der Waals surface area (Å²) in [5.41, 5.74) is 4.84. The first-order valence-corrected chi connectivity index (χ1v) is 9.88. The number of ether oxygens (including phenoxy) is 1. The number of hydrogen-bond donors (Lipinski definition) is 1. The second-order valence-corrected chi connectivity index (χ2v) is 7.54. The number of benzene rings is 2. The molecule has 1 N–H and O–H groups in total. The number of anilines is 1. The summed E-state index contributed by atoms with van der Waals surface area (Å²) in [5, 5.41) is 3.69. The molecule has 0 atom stereocenters. The molecule has 2 aromatic rings. The van der Waals surface area contributed by atoms with Crippen LogP contribution in [0.2, 0.25) is 5.02 Å². The molecule has 0 saturated carbocycles. The first-order valence-electron chi connectivity index (χ1n) is 9.50. The van der Waals surface area contributed by atoms with Crippen molar-refractivity contribution in [1.29, 1.82) is 0 Å². The van der Waals surface area contributed by atoms with Crippen molar-refractivity contribution in [3.8, 4) is 5.75 Å². The highest BCUT2D eigenvalue weighted by Gasteiger charge is 2.20. The van der Waals surface area contributed by atoms with Gasteiger partial charge in [0.2, 0.25) is 0 Å². The lowest BCUT2D eigenvalue weighted by Crippen LogP contribution is -2.27. The van der Waals surface area contributed by atoms with E-state index < -0.39 is 0 Å². The maximum atomic E-state index is 13.0. The topological polar surface area (TPSA) is 41.6 Å². The van der Waals surface area contributed by atoms with Gasteiger partial charge in [-0.05, 0) is 61.2 Å². The molecular formula is C22H28Cl2N2O2. The van der Waals surface area contributed by atoms with Crippen LogP contribution in [-0.4, -0.2) is 31.5 Å². The van der Waals surface area contributed by atoms with Gasteiger partial charge >= 0.3 is 0 Å². The molecule has 0 unspecified atom stereocenters. The number of amides is 1. The van der Waals surface area contributed by atoms with Crippen LogP contribution < -0.4 is 10.1 Å². The van der Waals surface area contributed by atoms with Crippen LogP contribution in [0.5, 0.6) is 5.75 Å². The van der Waals surface area contributed by atoms with Crippen LogP contribution in [0.4, 0.5) is 5.69 Å². The van der Waals surface area contributed by atoms with Crippen molar-refractivity contribution in [3.63, 3.8) is 0 Å². The Balaban J connectivity index is 0.00000280. The molecular weight excluding hydrogens is 395 g/mol. The number of fused-ring (bicyclic) bond motifs is 1. The number of rotatable bonds is 6. The summed E-state index contributed by atoms with van der Waals surface area (Å²) >= 11 is 6.43. The molecule has 4 nitrogen and oxygen atoms in total. The predicted octanol–water partition coefficient (Wildman–Crippen LogP) is 5.35. The Morgan fingerprint density at radius 2 is 2.11 bits per heavy atom. The van der Waals surface area contributed by atoms with E-state index in [4.69, 9.17) is 16.3 Å². The van der Waals surface area contributed by atoms with Crippen molar-refractivity contribution >= 4 is 35.6 Å². The third kappa shape index (κ3) is 4.99. The minimum atomic E-state index is -0.192. The van der Waals surface area contributed by atoms with E-state index in [9.17, 15) is 4.79 Å². The zero-order chi connectivity index (χ0) is 19.4. The smallest absolute Gasteiger partial charge is 0.259 e. The van der Waals surface area contributed by atoms with Gasteiger partial charge in [-0.1, -0.05) is 37.1 Å². The largest absolute Gasteiger partial charge is 0.496 e. The van der Waals surface area contributed by atoms with Crippen LogP contribution in [0.25, 0.3) is 0 Å². The number of unbranched alkanes of at least 4 members (excludes halogenated alkanes) is 1. The third-order valence-electron chi connectivity index (χ3n) is 5.12. The summed E-state index contributed by atoms with van der Waals surface area (Å²) < 4.78 is 5.48. The van der Waals surface area contributed by atoms with Crippen LogP contribution in [0.15, 0.2) is 30.3 Å². The molecule has 152 valence electrons. The number of hydrogen-bond acceptors (Lipinski definition) is 3. The number of carbonyl (C=O) groups excluding carboxylic acids is 1. The average Bonchev–Trinajstić information content (AvgIpc) is 2.66. The molecule has 1 amide bonds. The molecule has 0 radical (unpaired) electrons. The lowest BCUT2D eigenvalue weighted by atomic mass is 9.97. The quantitative estimate of drug-likeness (QED) is 0.681. The maximum absolute atomic E-state index is 13.0. The Morgan fingerprint density at radius 3 is 2.82 bits per heavy atom. The van der Waals surface area contributed by atoms with Crippen LogP contribution in [-0.2, 0) is 19.4 Å². The summed E-state index contributed by atoms with van der Waals surface area (Å²) in [4.78, 5) is 15.2. The first kappa shape index (κ1) is 22.5. The second-order valence-electron chi connectivity index (χ2n) is 7.13. The SMILES string of the molecule is CCCCc1cc(OC)c(C(=O)Nc2cccc3c2CCN(C)C3)cc1Cl.Cl. The number of aryl methyl sites for hydroxylation is 1. The maximum Gasteiger partial charge on any atom is 0.259 e.